The highest BCUT2D eigenvalue weighted by Crippen LogP contribution is 2.27. The fourth-order valence-electron chi connectivity index (χ4n) is 2.01. The summed E-state index contributed by atoms with van der Waals surface area (Å²) < 4.78 is 1.05. The van der Waals surface area contributed by atoms with Crippen LogP contribution in [0.15, 0.2) is 40.9 Å². The lowest BCUT2D eigenvalue weighted by molar-refractivity contribution is 1.32. The highest BCUT2D eigenvalue weighted by atomic mass is 79.9. The van der Waals surface area contributed by atoms with Crippen molar-refractivity contribution in [3.63, 3.8) is 0 Å². The Morgan fingerprint density at radius 3 is 2.78 bits per heavy atom. The minimum absolute atomic E-state index is 0.668. The van der Waals surface area contributed by atoms with E-state index in [0.29, 0.717) is 5.02 Å². The fraction of sp³-hybridized carbons (Fsp3) is 0.0714. The molecule has 0 aliphatic carbocycles. The third kappa shape index (κ3) is 2.04. The number of aryl methyl sites for hydroxylation is 1. The van der Waals surface area contributed by atoms with Crippen LogP contribution >= 0.6 is 27.5 Å². The summed E-state index contributed by atoms with van der Waals surface area (Å²) in [6.45, 7) is 2.06. The van der Waals surface area contributed by atoms with Gasteiger partial charge in [-0.2, -0.15) is 0 Å². The van der Waals surface area contributed by atoms with Gasteiger partial charge in [-0.3, -0.25) is 0 Å². The summed E-state index contributed by atoms with van der Waals surface area (Å²) in [7, 11) is 0. The molecule has 1 heterocycles. The van der Waals surface area contributed by atoms with Gasteiger partial charge in [-0.25, -0.2) is 4.98 Å². The van der Waals surface area contributed by atoms with E-state index in [1.54, 1.807) is 0 Å². The maximum atomic E-state index is 6.13. The highest BCUT2D eigenvalue weighted by Gasteiger charge is 2.08. The summed E-state index contributed by atoms with van der Waals surface area (Å²) in [6.07, 6.45) is 0. The zero-order valence-corrected chi connectivity index (χ0v) is 12.0. The first-order valence-corrected chi connectivity index (χ1v) is 6.72. The minimum atomic E-state index is 0.668. The molecular weight excluding hydrogens is 312 g/mol. The van der Waals surface area contributed by atoms with E-state index in [9.17, 15) is 0 Å². The zero-order chi connectivity index (χ0) is 12.7. The second-order valence-corrected chi connectivity index (χ2v) is 5.56. The Balaban J connectivity index is 2.22. The van der Waals surface area contributed by atoms with Crippen molar-refractivity contribution in [2.24, 2.45) is 0 Å². The topological polar surface area (TPSA) is 28.7 Å². The minimum Gasteiger partial charge on any atom is -0.338 e. The normalized spacial score (nSPS) is 11.1. The molecule has 0 spiro atoms. The maximum Gasteiger partial charge on any atom is 0.138 e. The standard InChI is InChI=1S/C14H10BrClN2/c1-8-5-9(7-10(15)6-8)14-17-12-4-2-3-11(16)13(12)18-14/h2-7H,1H3,(H,17,18). The third-order valence-corrected chi connectivity index (χ3v) is 3.54. The van der Waals surface area contributed by atoms with Gasteiger partial charge in [0.15, 0.2) is 0 Å². The predicted octanol–water partition coefficient (Wildman–Crippen LogP) is 4.95. The second kappa shape index (κ2) is 4.41. The first-order chi connectivity index (χ1) is 8.63. The van der Waals surface area contributed by atoms with Gasteiger partial charge in [0, 0.05) is 10.0 Å². The summed E-state index contributed by atoms with van der Waals surface area (Å²) in [6, 6.07) is 11.9. The molecule has 3 rings (SSSR count). The number of hydrogen-bond donors (Lipinski definition) is 1. The molecule has 0 aliphatic heterocycles. The quantitative estimate of drug-likeness (QED) is 0.674. The number of nitrogens with zero attached hydrogens (tertiary/aromatic N) is 1. The van der Waals surface area contributed by atoms with Crippen LogP contribution in [0.2, 0.25) is 5.02 Å². The Kier molecular flexibility index (Phi) is 2.88. The van der Waals surface area contributed by atoms with Gasteiger partial charge in [0.05, 0.1) is 10.5 Å². The molecule has 0 bridgehead atoms. The van der Waals surface area contributed by atoms with Gasteiger partial charge >= 0.3 is 0 Å². The van der Waals surface area contributed by atoms with Gasteiger partial charge in [0.25, 0.3) is 0 Å². The van der Waals surface area contributed by atoms with Crippen LogP contribution in [-0.4, -0.2) is 9.97 Å². The van der Waals surface area contributed by atoms with Crippen molar-refractivity contribution < 1.29 is 0 Å². The molecule has 0 amide bonds. The van der Waals surface area contributed by atoms with Crippen molar-refractivity contribution in [3.8, 4) is 11.4 Å². The Morgan fingerprint density at radius 2 is 2.06 bits per heavy atom. The number of para-hydroxylation sites is 1. The van der Waals surface area contributed by atoms with Gasteiger partial charge in [-0.15, -0.1) is 0 Å². The Morgan fingerprint density at radius 1 is 1.22 bits per heavy atom. The lowest BCUT2D eigenvalue weighted by Crippen LogP contribution is -1.82. The third-order valence-electron chi connectivity index (χ3n) is 2.78. The van der Waals surface area contributed by atoms with Crippen LogP contribution in [-0.2, 0) is 0 Å². The van der Waals surface area contributed by atoms with E-state index >= 15 is 0 Å². The zero-order valence-electron chi connectivity index (χ0n) is 9.67. The Hall–Kier alpha value is -1.32. The van der Waals surface area contributed by atoms with Gasteiger partial charge in [0.2, 0.25) is 0 Å². The fourth-order valence-corrected chi connectivity index (χ4v) is 2.83. The van der Waals surface area contributed by atoms with Crippen LogP contribution in [0.5, 0.6) is 0 Å². The van der Waals surface area contributed by atoms with E-state index in [1.165, 1.54) is 5.56 Å². The number of rotatable bonds is 1. The first-order valence-electron chi connectivity index (χ1n) is 5.55. The lowest BCUT2D eigenvalue weighted by Gasteiger charge is -2.00. The molecular formula is C14H10BrClN2. The molecule has 90 valence electrons. The molecule has 0 saturated heterocycles. The number of hydrogen-bond acceptors (Lipinski definition) is 1. The SMILES string of the molecule is Cc1cc(Br)cc(-c2nc3c(Cl)cccc3[nH]2)c1. The van der Waals surface area contributed by atoms with Crippen molar-refractivity contribution in [1.29, 1.82) is 0 Å². The van der Waals surface area contributed by atoms with Crippen molar-refractivity contribution in [3.05, 3.63) is 51.5 Å². The molecule has 1 N–H and O–H groups in total. The number of H-pyrrole nitrogens is 1. The van der Waals surface area contributed by atoms with Crippen molar-refractivity contribution in [2.75, 3.05) is 0 Å². The molecule has 0 unspecified atom stereocenters. The van der Waals surface area contributed by atoms with Crippen LogP contribution < -0.4 is 0 Å². The van der Waals surface area contributed by atoms with Crippen molar-refractivity contribution >= 4 is 38.6 Å². The summed E-state index contributed by atoms with van der Waals surface area (Å²) >= 11 is 9.63. The smallest absolute Gasteiger partial charge is 0.138 e. The molecule has 18 heavy (non-hydrogen) atoms. The van der Waals surface area contributed by atoms with Crippen LogP contribution in [0.25, 0.3) is 22.4 Å². The molecule has 0 radical (unpaired) electrons. The number of fused-ring (bicyclic) bond motifs is 1. The monoisotopic (exact) mass is 320 g/mol. The van der Waals surface area contributed by atoms with Gasteiger partial charge in [-0.1, -0.05) is 33.6 Å². The van der Waals surface area contributed by atoms with Gasteiger partial charge in [-0.05, 0) is 42.8 Å². The highest BCUT2D eigenvalue weighted by molar-refractivity contribution is 9.10. The van der Waals surface area contributed by atoms with E-state index in [-0.39, 0.29) is 0 Å². The van der Waals surface area contributed by atoms with Crippen molar-refractivity contribution in [2.45, 2.75) is 6.92 Å². The molecule has 0 saturated carbocycles. The average molecular weight is 322 g/mol. The van der Waals surface area contributed by atoms with Crippen LogP contribution in [0.1, 0.15) is 5.56 Å². The summed E-state index contributed by atoms with van der Waals surface area (Å²) in [5.74, 6) is 0.836. The number of benzene rings is 2. The summed E-state index contributed by atoms with van der Waals surface area (Å²) in [4.78, 5) is 7.85. The second-order valence-electron chi connectivity index (χ2n) is 4.24. The molecule has 2 aromatic carbocycles. The maximum absolute atomic E-state index is 6.13. The molecule has 0 fully saturated rings. The largest absolute Gasteiger partial charge is 0.338 e. The molecule has 1 aromatic heterocycles. The van der Waals surface area contributed by atoms with E-state index in [0.717, 1.165) is 26.9 Å². The predicted molar refractivity (Wildman–Crippen MR) is 79.0 cm³/mol. The summed E-state index contributed by atoms with van der Waals surface area (Å²) in [5, 5.41) is 0.668. The molecule has 4 heteroatoms. The molecule has 3 aromatic rings. The average Bonchev–Trinajstić information content (AvgIpc) is 2.73. The van der Waals surface area contributed by atoms with E-state index in [1.807, 2.05) is 24.3 Å². The molecule has 0 aliphatic rings. The van der Waals surface area contributed by atoms with Crippen LogP contribution in [0, 0.1) is 6.92 Å². The summed E-state index contributed by atoms with van der Waals surface area (Å²) in [5.41, 5.74) is 4.00. The number of imidazole rings is 1. The van der Waals surface area contributed by atoms with Crippen LogP contribution in [0.3, 0.4) is 0 Å². The van der Waals surface area contributed by atoms with Crippen LogP contribution in [0.4, 0.5) is 0 Å². The number of halogens is 2. The first kappa shape index (κ1) is 11.8. The van der Waals surface area contributed by atoms with E-state index in [2.05, 4.69) is 45.0 Å². The number of nitrogens with one attached hydrogen (secondary N) is 1. The lowest BCUT2D eigenvalue weighted by atomic mass is 10.1. The molecule has 2 nitrogen and oxygen atoms in total. The number of aromatic nitrogens is 2. The van der Waals surface area contributed by atoms with E-state index < -0.39 is 0 Å². The van der Waals surface area contributed by atoms with Gasteiger partial charge in [0.1, 0.15) is 11.3 Å². The van der Waals surface area contributed by atoms with E-state index in [4.69, 9.17) is 11.6 Å². The Labute approximate surface area is 118 Å². The van der Waals surface area contributed by atoms with Gasteiger partial charge < -0.3 is 4.98 Å². The number of aromatic amines is 1. The molecule has 0 atom stereocenters. The Bertz CT molecular complexity index is 713. The van der Waals surface area contributed by atoms with Crippen molar-refractivity contribution in [1.82, 2.24) is 9.97 Å².